The van der Waals surface area contributed by atoms with Crippen molar-refractivity contribution in [3.8, 4) is 11.5 Å². The van der Waals surface area contributed by atoms with Crippen molar-refractivity contribution in [1.82, 2.24) is 4.98 Å². The fourth-order valence-corrected chi connectivity index (χ4v) is 2.77. The molecule has 1 aromatic heterocycles. The first-order valence-electron chi connectivity index (χ1n) is 7.18. The van der Waals surface area contributed by atoms with Gasteiger partial charge in [0, 0.05) is 10.9 Å². The summed E-state index contributed by atoms with van der Waals surface area (Å²) in [7, 11) is 3.17. The van der Waals surface area contributed by atoms with Crippen LogP contribution in [0.25, 0.3) is 0 Å². The molecule has 0 aliphatic carbocycles. The predicted molar refractivity (Wildman–Crippen MR) is 92.8 cm³/mol. The number of anilines is 2. The number of rotatable bonds is 6. The Morgan fingerprint density at radius 2 is 2.00 bits per heavy atom. The van der Waals surface area contributed by atoms with Gasteiger partial charge in [-0.15, -0.1) is 11.3 Å². The normalized spacial score (nSPS) is 11.7. The van der Waals surface area contributed by atoms with E-state index in [-0.39, 0.29) is 5.91 Å². The first-order valence-corrected chi connectivity index (χ1v) is 7.99. The lowest BCUT2D eigenvalue weighted by molar-refractivity contribution is -0.116. The highest BCUT2D eigenvalue weighted by atomic mass is 32.1. The molecular weight excluding hydrogens is 314 g/mol. The van der Waals surface area contributed by atoms with Crippen LogP contribution in [0.15, 0.2) is 18.2 Å². The summed E-state index contributed by atoms with van der Waals surface area (Å²) in [6, 6.07) is 4.95. The SMILES string of the molecule is COc1ccc(N[C@@H](C)C(=O)Nc2nc(C)c(C)s2)c(OC)c1. The zero-order valence-corrected chi connectivity index (χ0v) is 14.7. The molecule has 23 heavy (non-hydrogen) atoms. The largest absolute Gasteiger partial charge is 0.497 e. The molecule has 0 radical (unpaired) electrons. The molecule has 0 saturated heterocycles. The molecule has 1 atom stereocenters. The van der Waals surface area contributed by atoms with Gasteiger partial charge in [-0.05, 0) is 32.9 Å². The van der Waals surface area contributed by atoms with E-state index >= 15 is 0 Å². The topological polar surface area (TPSA) is 72.5 Å². The second-order valence-electron chi connectivity index (χ2n) is 5.08. The van der Waals surface area contributed by atoms with Crippen LogP contribution in [-0.4, -0.2) is 31.2 Å². The highest BCUT2D eigenvalue weighted by molar-refractivity contribution is 7.15. The maximum Gasteiger partial charge on any atom is 0.248 e. The lowest BCUT2D eigenvalue weighted by Gasteiger charge is -2.17. The summed E-state index contributed by atoms with van der Waals surface area (Å²) >= 11 is 1.47. The fraction of sp³-hybridized carbons (Fsp3) is 0.375. The Morgan fingerprint density at radius 3 is 2.57 bits per heavy atom. The Morgan fingerprint density at radius 1 is 1.26 bits per heavy atom. The standard InChI is InChI=1S/C16H21N3O3S/c1-9-11(3)23-16(18-9)19-15(20)10(2)17-13-7-6-12(21-4)8-14(13)22-5/h6-8,10,17H,1-5H3,(H,18,19,20)/t10-/m0/s1. The van der Waals surface area contributed by atoms with E-state index in [1.165, 1.54) is 11.3 Å². The maximum atomic E-state index is 12.3. The lowest BCUT2D eigenvalue weighted by atomic mass is 10.2. The van der Waals surface area contributed by atoms with Gasteiger partial charge < -0.3 is 20.1 Å². The number of nitrogens with zero attached hydrogens (tertiary/aromatic N) is 1. The predicted octanol–water partition coefficient (Wildman–Crippen LogP) is 3.22. The van der Waals surface area contributed by atoms with Gasteiger partial charge in [-0.3, -0.25) is 4.79 Å². The minimum absolute atomic E-state index is 0.156. The molecule has 1 aromatic carbocycles. The number of methoxy groups -OCH3 is 2. The van der Waals surface area contributed by atoms with Crippen LogP contribution in [0.2, 0.25) is 0 Å². The molecule has 1 amide bonds. The van der Waals surface area contributed by atoms with Crippen LogP contribution in [0, 0.1) is 13.8 Å². The Hall–Kier alpha value is -2.28. The molecule has 1 heterocycles. The van der Waals surface area contributed by atoms with Crippen LogP contribution in [-0.2, 0) is 4.79 Å². The van der Waals surface area contributed by atoms with Crippen LogP contribution in [0.5, 0.6) is 11.5 Å². The van der Waals surface area contributed by atoms with E-state index in [9.17, 15) is 4.79 Å². The Kier molecular flexibility index (Phi) is 5.44. The van der Waals surface area contributed by atoms with Crippen LogP contribution < -0.4 is 20.1 Å². The molecule has 0 unspecified atom stereocenters. The summed E-state index contributed by atoms with van der Waals surface area (Å²) < 4.78 is 10.5. The van der Waals surface area contributed by atoms with Crippen molar-refractivity contribution in [2.75, 3.05) is 24.9 Å². The molecule has 124 valence electrons. The Bertz CT molecular complexity index is 680. The van der Waals surface area contributed by atoms with Gasteiger partial charge in [-0.1, -0.05) is 0 Å². The first-order chi connectivity index (χ1) is 10.9. The number of amides is 1. The highest BCUT2D eigenvalue weighted by Gasteiger charge is 2.17. The van der Waals surface area contributed by atoms with Crippen molar-refractivity contribution in [3.63, 3.8) is 0 Å². The zero-order valence-electron chi connectivity index (χ0n) is 13.9. The number of nitrogens with one attached hydrogen (secondary N) is 2. The van der Waals surface area contributed by atoms with E-state index in [2.05, 4.69) is 15.6 Å². The third kappa shape index (κ3) is 4.13. The number of benzene rings is 1. The number of carbonyl (C=O) groups is 1. The molecule has 2 N–H and O–H groups in total. The smallest absolute Gasteiger partial charge is 0.248 e. The van der Waals surface area contributed by atoms with E-state index < -0.39 is 6.04 Å². The molecule has 0 fully saturated rings. The number of hydrogen-bond donors (Lipinski definition) is 2. The third-order valence-corrected chi connectivity index (χ3v) is 4.42. The van der Waals surface area contributed by atoms with Gasteiger partial charge in [0.2, 0.25) is 5.91 Å². The Balaban J connectivity index is 2.06. The first kappa shape index (κ1) is 17.1. The number of carbonyl (C=O) groups excluding carboxylic acids is 1. The monoisotopic (exact) mass is 335 g/mol. The molecule has 0 aliphatic heterocycles. The summed E-state index contributed by atoms with van der Waals surface area (Å²) in [6.45, 7) is 5.68. The van der Waals surface area contributed by atoms with Crippen molar-refractivity contribution in [2.45, 2.75) is 26.8 Å². The van der Waals surface area contributed by atoms with Crippen molar-refractivity contribution in [2.24, 2.45) is 0 Å². The summed E-state index contributed by atoms with van der Waals surface area (Å²) in [5.41, 5.74) is 1.66. The molecule has 6 nitrogen and oxygen atoms in total. The van der Waals surface area contributed by atoms with Gasteiger partial charge in [0.05, 0.1) is 25.6 Å². The summed E-state index contributed by atoms with van der Waals surface area (Å²) in [6.07, 6.45) is 0. The van der Waals surface area contributed by atoms with Crippen LogP contribution in [0.3, 0.4) is 0 Å². The van der Waals surface area contributed by atoms with E-state index in [1.807, 2.05) is 26.0 Å². The van der Waals surface area contributed by atoms with Crippen molar-refractivity contribution in [3.05, 3.63) is 28.8 Å². The summed E-state index contributed by atoms with van der Waals surface area (Å²) in [5.74, 6) is 1.15. The van der Waals surface area contributed by atoms with E-state index in [0.29, 0.717) is 16.6 Å². The molecule has 0 aliphatic rings. The van der Waals surface area contributed by atoms with Crippen LogP contribution in [0.1, 0.15) is 17.5 Å². The molecule has 0 bridgehead atoms. The summed E-state index contributed by atoms with van der Waals surface area (Å²) in [4.78, 5) is 17.7. The third-order valence-electron chi connectivity index (χ3n) is 3.43. The van der Waals surface area contributed by atoms with Crippen molar-refractivity contribution in [1.29, 1.82) is 0 Å². The number of aryl methyl sites for hydroxylation is 2. The van der Waals surface area contributed by atoms with Gasteiger partial charge in [0.25, 0.3) is 0 Å². The summed E-state index contributed by atoms with van der Waals surface area (Å²) in [5, 5.41) is 6.57. The van der Waals surface area contributed by atoms with Crippen molar-refractivity contribution < 1.29 is 14.3 Å². The van der Waals surface area contributed by atoms with Gasteiger partial charge in [-0.2, -0.15) is 0 Å². The van der Waals surface area contributed by atoms with E-state index in [1.54, 1.807) is 27.2 Å². The van der Waals surface area contributed by atoms with Crippen molar-refractivity contribution >= 4 is 28.1 Å². The lowest BCUT2D eigenvalue weighted by Crippen LogP contribution is -2.32. The van der Waals surface area contributed by atoms with Crippen LogP contribution in [0.4, 0.5) is 10.8 Å². The molecule has 0 saturated carbocycles. The maximum absolute atomic E-state index is 12.3. The van der Waals surface area contributed by atoms with Gasteiger partial charge in [-0.25, -0.2) is 4.98 Å². The van der Waals surface area contributed by atoms with E-state index in [0.717, 1.165) is 16.3 Å². The van der Waals surface area contributed by atoms with E-state index in [4.69, 9.17) is 9.47 Å². The number of aromatic nitrogens is 1. The molecule has 2 rings (SSSR count). The molecule has 0 spiro atoms. The quantitative estimate of drug-likeness (QED) is 0.848. The molecule has 7 heteroatoms. The average molecular weight is 335 g/mol. The zero-order chi connectivity index (χ0) is 17.0. The highest BCUT2D eigenvalue weighted by Crippen LogP contribution is 2.29. The van der Waals surface area contributed by atoms with Crippen LogP contribution >= 0.6 is 11.3 Å². The number of ether oxygens (including phenoxy) is 2. The fourth-order valence-electron chi connectivity index (χ4n) is 1.96. The minimum atomic E-state index is -0.443. The van der Waals surface area contributed by atoms with Gasteiger partial charge >= 0.3 is 0 Å². The average Bonchev–Trinajstić information content (AvgIpc) is 2.85. The second kappa shape index (κ2) is 7.32. The van der Waals surface area contributed by atoms with Gasteiger partial charge in [0.15, 0.2) is 5.13 Å². The van der Waals surface area contributed by atoms with Gasteiger partial charge in [0.1, 0.15) is 17.5 Å². The Labute approximate surface area is 139 Å². The minimum Gasteiger partial charge on any atom is -0.497 e. The molecular formula is C16H21N3O3S. The second-order valence-corrected chi connectivity index (χ2v) is 6.29. The molecule has 2 aromatic rings. The number of hydrogen-bond acceptors (Lipinski definition) is 6. The number of thiazole rings is 1.